The van der Waals surface area contributed by atoms with Crippen LogP contribution in [0.25, 0.3) is 0 Å². The van der Waals surface area contributed by atoms with Gasteiger partial charge < -0.3 is 5.32 Å². The molecular formula is C17H30N2S. The van der Waals surface area contributed by atoms with Crippen LogP contribution in [0.5, 0.6) is 0 Å². The van der Waals surface area contributed by atoms with E-state index in [1.165, 1.54) is 42.1 Å². The van der Waals surface area contributed by atoms with Gasteiger partial charge in [-0.2, -0.15) is 0 Å². The van der Waals surface area contributed by atoms with Crippen molar-refractivity contribution in [3.63, 3.8) is 0 Å². The van der Waals surface area contributed by atoms with Crippen LogP contribution < -0.4 is 5.32 Å². The Morgan fingerprint density at radius 3 is 2.60 bits per heavy atom. The maximum absolute atomic E-state index is 3.53. The first-order chi connectivity index (χ1) is 9.67. The Morgan fingerprint density at radius 2 is 1.95 bits per heavy atom. The summed E-state index contributed by atoms with van der Waals surface area (Å²) in [5.41, 5.74) is 0. The molecule has 0 spiro atoms. The highest BCUT2D eigenvalue weighted by Gasteiger charge is 2.18. The van der Waals surface area contributed by atoms with Crippen molar-refractivity contribution >= 4 is 11.3 Å². The number of hydrogen-bond donors (Lipinski definition) is 1. The standard InChI is InChI=1S/C17H30N2S/c1-4-15-7-9-19(10-8-15)13-17-6-5-16(20-17)12-18-11-14(2)3/h5-6,14-15,18H,4,7-13H2,1-3H3. The summed E-state index contributed by atoms with van der Waals surface area (Å²) < 4.78 is 0. The first-order valence-corrected chi connectivity index (χ1v) is 8.99. The Bertz CT molecular complexity index is 378. The van der Waals surface area contributed by atoms with Crippen LogP contribution in [0.15, 0.2) is 12.1 Å². The van der Waals surface area contributed by atoms with Gasteiger partial charge >= 0.3 is 0 Å². The second-order valence-corrected chi connectivity index (χ2v) is 7.77. The number of thiophene rings is 1. The number of hydrogen-bond acceptors (Lipinski definition) is 3. The molecular weight excluding hydrogens is 264 g/mol. The number of piperidine rings is 1. The minimum absolute atomic E-state index is 0.731. The molecule has 3 heteroatoms. The molecule has 2 rings (SSSR count). The second-order valence-electron chi connectivity index (χ2n) is 6.52. The maximum atomic E-state index is 3.53. The van der Waals surface area contributed by atoms with E-state index in [2.05, 4.69) is 43.1 Å². The normalized spacial score (nSPS) is 18.0. The summed E-state index contributed by atoms with van der Waals surface area (Å²) in [6.45, 7) is 12.7. The second kappa shape index (κ2) is 8.16. The highest BCUT2D eigenvalue weighted by Crippen LogP contribution is 2.24. The van der Waals surface area contributed by atoms with E-state index in [-0.39, 0.29) is 0 Å². The van der Waals surface area contributed by atoms with Gasteiger partial charge in [0.05, 0.1) is 0 Å². The van der Waals surface area contributed by atoms with Crippen LogP contribution in [0.2, 0.25) is 0 Å². The molecule has 0 bridgehead atoms. The molecule has 0 amide bonds. The predicted octanol–water partition coefficient (Wildman–Crippen LogP) is 4.12. The Balaban J connectivity index is 1.72. The van der Waals surface area contributed by atoms with Gasteiger partial charge in [-0.25, -0.2) is 0 Å². The zero-order valence-corrected chi connectivity index (χ0v) is 14.1. The quantitative estimate of drug-likeness (QED) is 0.814. The first kappa shape index (κ1) is 16.0. The number of likely N-dealkylation sites (tertiary alicyclic amines) is 1. The molecule has 2 heterocycles. The molecule has 0 aromatic carbocycles. The predicted molar refractivity (Wildman–Crippen MR) is 89.2 cm³/mol. The number of rotatable bonds is 7. The highest BCUT2D eigenvalue weighted by molar-refractivity contribution is 7.11. The molecule has 1 aromatic heterocycles. The monoisotopic (exact) mass is 294 g/mol. The van der Waals surface area contributed by atoms with Crippen molar-refractivity contribution in [3.05, 3.63) is 21.9 Å². The van der Waals surface area contributed by atoms with Crippen molar-refractivity contribution < 1.29 is 0 Å². The Hall–Kier alpha value is -0.380. The third-order valence-corrected chi connectivity index (χ3v) is 5.30. The molecule has 1 aliphatic heterocycles. The molecule has 0 radical (unpaired) electrons. The molecule has 114 valence electrons. The van der Waals surface area contributed by atoms with Crippen molar-refractivity contribution in [2.75, 3.05) is 19.6 Å². The first-order valence-electron chi connectivity index (χ1n) is 8.18. The zero-order valence-electron chi connectivity index (χ0n) is 13.3. The molecule has 1 saturated heterocycles. The van der Waals surface area contributed by atoms with Gasteiger partial charge in [-0.05, 0) is 56.4 Å². The lowest BCUT2D eigenvalue weighted by molar-refractivity contribution is 0.176. The van der Waals surface area contributed by atoms with E-state index < -0.39 is 0 Å². The van der Waals surface area contributed by atoms with Gasteiger partial charge in [0.25, 0.3) is 0 Å². The molecule has 20 heavy (non-hydrogen) atoms. The van der Waals surface area contributed by atoms with Crippen molar-refractivity contribution in [2.24, 2.45) is 11.8 Å². The fourth-order valence-electron chi connectivity index (χ4n) is 2.86. The summed E-state index contributed by atoms with van der Waals surface area (Å²) in [5.74, 6) is 1.71. The SMILES string of the molecule is CCC1CCN(Cc2ccc(CNCC(C)C)s2)CC1. The molecule has 0 atom stereocenters. The van der Waals surface area contributed by atoms with Gasteiger partial charge in [-0.3, -0.25) is 4.90 Å². The zero-order chi connectivity index (χ0) is 14.4. The third-order valence-electron chi connectivity index (χ3n) is 4.23. The summed E-state index contributed by atoms with van der Waals surface area (Å²) in [6.07, 6.45) is 4.15. The van der Waals surface area contributed by atoms with Crippen LogP contribution >= 0.6 is 11.3 Å². The van der Waals surface area contributed by atoms with Crippen LogP contribution in [-0.2, 0) is 13.1 Å². The smallest absolute Gasteiger partial charge is 0.0328 e. The van der Waals surface area contributed by atoms with E-state index in [4.69, 9.17) is 0 Å². The molecule has 1 fully saturated rings. The van der Waals surface area contributed by atoms with E-state index in [1.807, 2.05) is 11.3 Å². The average Bonchev–Trinajstić information content (AvgIpc) is 2.87. The number of nitrogens with one attached hydrogen (secondary N) is 1. The highest BCUT2D eigenvalue weighted by atomic mass is 32.1. The van der Waals surface area contributed by atoms with Crippen molar-refractivity contribution in [3.8, 4) is 0 Å². The van der Waals surface area contributed by atoms with Crippen molar-refractivity contribution in [2.45, 2.75) is 53.1 Å². The Labute approximate surface area is 128 Å². The van der Waals surface area contributed by atoms with Gasteiger partial charge in [0, 0.05) is 22.8 Å². The molecule has 0 saturated carbocycles. The van der Waals surface area contributed by atoms with E-state index in [9.17, 15) is 0 Å². The topological polar surface area (TPSA) is 15.3 Å². The molecule has 0 aliphatic carbocycles. The van der Waals surface area contributed by atoms with Gasteiger partial charge in [0.2, 0.25) is 0 Å². The third kappa shape index (κ3) is 5.19. The van der Waals surface area contributed by atoms with Crippen LogP contribution in [0.1, 0.15) is 49.8 Å². The summed E-state index contributed by atoms with van der Waals surface area (Å²) in [6, 6.07) is 4.62. The number of nitrogens with zero attached hydrogens (tertiary/aromatic N) is 1. The molecule has 0 unspecified atom stereocenters. The lowest BCUT2D eigenvalue weighted by Gasteiger charge is -2.31. The van der Waals surface area contributed by atoms with Crippen LogP contribution in [0.4, 0.5) is 0 Å². The van der Waals surface area contributed by atoms with Crippen LogP contribution in [0, 0.1) is 11.8 Å². The fourth-order valence-corrected chi connectivity index (χ4v) is 3.89. The molecule has 1 aliphatic rings. The van der Waals surface area contributed by atoms with Crippen LogP contribution in [-0.4, -0.2) is 24.5 Å². The van der Waals surface area contributed by atoms with E-state index >= 15 is 0 Å². The van der Waals surface area contributed by atoms with E-state index in [1.54, 1.807) is 0 Å². The van der Waals surface area contributed by atoms with E-state index in [0.29, 0.717) is 0 Å². The Morgan fingerprint density at radius 1 is 1.25 bits per heavy atom. The Kier molecular flexibility index (Phi) is 6.53. The van der Waals surface area contributed by atoms with Gasteiger partial charge in [0.1, 0.15) is 0 Å². The minimum Gasteiger partial charge on any atom is -0.312 e. The lowest BCUT2D eigenvalue weighted by Crippen LogP contribution is -2.32. The summed E-state index contributed by atoms with van der Waals surface area (Å²) in [4.78, 5) is 5.63. The minimum atomic E-state index is 0.731. The summed E-state index contributed by atoms with van der Waals surface area (Å²) in [7, 11) is 0. The molecule has 1 aromatic rings. The largest absolute Gasteiger partial charge is 0.312 e. The summed E-state index contributed by atoms with van der Waals surface area (Å²) >= 11 is 1.98. The maximum Gasteiger partial charge on any atom is 0.0328 e. The van der Waals surface area contributed by atoms with Gasteiger partial charge in [-0.15, -0.1) is 11.3 Å². The van der Waals surface area contributed by atoms with Crippen LogP contribution in [0.3, 0.4) is 0 Å². The lowest BCUT2D eigenvalue weighted by atomic mass is 9.94. The van der Waals surface area contributed by atoms with Gasteiger partial charge in [-0.1, -0.05) is 27.2 Å². The molecule has 1 N–H and O–H groups in total. The van der Waals surface area contributed by atoms with Crippen molar-refractivity contribution in [1.82, 2.24) is 10.2 Å². The molecule has 2 nitrogen and oxygen atoms in total. The summed E-state index contributed by atoms with van der Waals surface area (Å²) in [5, 5.41) is 3.53. The van der Waals surface area contributed by atoms with Crippen molar-refractivity contribution in [1.29, 1.82) is 0 Å². The van der Waals surface area contributed by atoms with Gasteiger partial charge in [0.15, 0.2) is 0 Å². The van der Waals surface area contributed by atoms with E-state index in [0.717, 1.165) is 31.5 Å². The fraction of sp³-hybridized carbons (Fsp3) is 0.765. The average molecular weight is 295 g/mol.